The third-order valence-electron chi connectivity index (χ3n) is 2.91. The zero-order valence-electron chi connectivity index (χ0n) is 11.4. The van der Waals surface area contributed by atoms with Crippen LogP contribution in [0.15, 0.2) is 60.7 Å². The van der Waals surface area contributed by atoms with Crippen LogP contribution in [0, 0.1) is 23.2 Å². The van der Waals surface area contributed by atoms with Crippen molar-refractivity contribution in [3.8, 4) is 17.9 Å². The Morgan fingerprint density at radius 1 is 0.850 bits per heavy atom. The molecule has 0 amide bonds. The molecule has 20 heavy (non-hydrogen) atoms. The van der Waals surface area contributed by atoms with E-state index in [1.165, 1.54) is 5.56 Å². The van der Waals surface area contributed by atoms with Gasteiger partial charge in [-0.1, -0.05) is 36.1 Å². The fourth-order valence-corrected chi connectivity index (χ4v) is 1.75. The van der Waals surface area contributed by atoms with E-state index in [1.54, 1.807) is 12.1 Å². The van der Waals surface area contributed by atoms with Crippen LogP contribution in [0.25, 0.3) is 0 Å². The van der Waals surface area contributed by atoms with Crippen LogP contribution in [0.3, 0.4) is 0 Å². The molecule has 2 aromatic rings. The monoisotopic (exact) mass is 257 g/mol. The van der Waals surface area contributed by atoms with Gasteiger partial charge in [0.15, 0.2) is 0 Å². The molecule has 2 rings (SSSR count). The number of nitrogens with zero attached hydrogens (tertiary/aromatic N) is 1. The van der Waals surface area contributed by atoms with Crippen LogP contribution in [-0.4, -0.2) is 0 Å². The fourth-order valence-electron chi connectivity index (χ4n) is 1.75. The van der Waals surface area contributed by atoms with E-state index in [4.69, 9.17) is 5.26 Å². The van der Waals surface area contributed by atoms with Gasteiger partial charge in [0.1, 0.15) is 0 Å². The Kier molecular flexibility index (Phi) is 4.76. The van der Waals surface area contributed by atoms with Crippen molar-refractivity contribution in [2.45, 2.75) is 13.3 Å². The number of rotatable bonds is 2. The van der Waals surface area contributed by atoms with E-state index in [0.717, 1.165) is 17.5 Å². The maximum atomic E-state index is 8.73. The molecule has 0 unspecified atom stereocenters. The van der Waals surface area contributed by atoms with Gasteiger partial charge in [0.05, 0.1) is 11.6 Å². The summed E-state index contributed by atoms with van der Waals surface area (Å²) >= 11 is 0. The number of allylic oxidation sites excluding steroid dienone is 2. The Labute approximate surface area is 120 Å². The molecule has 0 aromatic heterocycles. The molecule has 0 heterocycles. The Morgan fingerprint density at radius 3 is 1.85 bits per heavy atom. The molecule has 0 atom stereocenters. The van der Waals surface area contributed by atoms with Crippen molar-refractivity contribution < 1.29 is 0 Å². The normalized spacial score (nSPS) is 9.80. The standard InChI is InChI=1S/C19H15N/c1-2-3-4-16-5-7-17(8-6-16)9-10-18-11-13-19(15-20)14-12-18/h2-3,5-8,11-14H,4H2,1H3. The quantitative estimate of drug-likeness (QED) is 0.587. The van der Waals surface area contributed by atoms with Crippen LogP contribution in [0.1, 0.15) is 29.2 Å². The van der Waals surface area contributed by atoms with Crippen LogP contribution in [0.4, 0.5) is 0 Å². The van der Waals surface area contributed by atoms with E-state index in [9.17, 15) is 0 Å². The molecule has 1 nitrogen and oxygen atoms in total. The van der Waals surface area contributed by atoms with Crippen molar-refractivity contribution in [3.05, 3.63) is 82.9 Å². The summed E-state index contributed by atoms with van der Waals surface area (Å²) in [6.07, 6.45) is 5.15. The fraction of sp³-hybridized carbons (Fsp3) is 0.105. The van der Waals surface area contributed by atoms with Crippen molar-refractivity contribution in [3.63, 3.8) is 0 Å². The second-order valence-corrected chi connectivity index (χ2v) is 4.41. The smallest absolute Gasteiger partial charge is 0.0991 e. The van der Waals surface area contributed by atoms with E-state index in [-0.39, 0.29) is 0 Å². The minimum atomic E-state index is 0.656. The first kappa shape index (κ1) is 13.7. The molecular weight excluding hydrogens is 242 g/mol. The van der Waals surface area contributed by atoms with Crippen molar-refractivity contribution in [2.75, 3.05) is 0 Å². The van der Waals surface area contributed by atoms with Gasteiger partial charge in [0.25, 0.3) is 0 Å². The minimum absolute atomic E-state index is 0.656. The average Bonchev–Trinajstić information content (AvgIpc) is 2.52. The first-order valence-corrected chi connectivity index (χ1v) is 6.54. The SMILES string of the molecule is CC=CCc1ccc(C#Cc2ccc(C#N)cc2)cc1. The second kappa shape index (κ2) is 6.98. The molecule has 0 fully saturated rings. The lowest BCUT2D eigenvalue weighted by Gasteiger charge is -1.96. The predicted octanol–water partition coefficient (Wildman–Crippen LogP) is 4.08. The minimum Gasteiger partial charge on any atom is -0.192 e. The summed E-state index contributed by atoms with van der Waals surface area (Å²) in [5.41, 5.74) is 3.86. The number of nitriles is 1. The van der Waals surface area contributed by atoms with E-state index in [1.807, 2.05) is 31.2 Å². The molecule has 2 aromatic carbocycles. The lowest BCUT2D eigenvalue weighted by atomic mass is 10.1. The molecule has 1 heteroatoms. The second-order valence-electron chi connectivity index (χ2n) is 4.41. The van der Waals surface area contributed by atoms with Gasteiger partial charge < -0.3 is 0 Å². The zero-order valence-corrected chi connectivity index (χ0v) is 11.4. The van der Waals surface area contributed by atoms with Gasteiger partial charge in [0, 0.05) is 11.1 Å². The molecule has 0 saturated heterocycles. The van der Waals surface area contributed by atoms with E-state index >= 15 is 0 Å². The van der Waals surface area contributed by atoms with Gasteiger partial charge in [-0.2, -0.15) is 5.26 Å². The highest BCUT2D eigenvalue weighted by Gasteiger charge is 1.91. The lowest BCUT2D eigenvalue weighted by Crippen LogP contribution is -1.82. The van der Waals surface area contributed by atoms with Crippen molar-refractivity contribution in [1.82, 2.24) is 0 Å². The molecule has 0 saturated carbocycles. The average molecular weight is 257 g/mol. The Balaban J connectivity index is 2.10. The van der Waals surface area contributed by atoms with E-state index in [2.05, 4.69) is 42.2 Å². The third kappa shape index (κ3) is 3.87. The highest BCUT2D eigenvalue weighted by atomic mass is 14.2. The van der Waals surface area contributed by atoms with Crippen LogP contribution in [0.2, 0.25) is 0 Å². The van der Waals surface area contributed by atoms with Gasteiger partial charge in [-0.25, -0.2) is 0 Å². The highest BCUT2D eigenvalue weighted by Crippen LogP contribution is 2.06. The number of hydrogen-bond acceptors (Lipinski definition) is 1. The van der Waals surface area contributed by atoms with Gasteiger partial charge in [0.2, 0.25) is 0 Å². The molecule has 0 aliphatic heterocycles. The maximum Gasteiger partial charge on any atom is 0.0991 e. The van der Waals surface area contributed by atoms with Crippen LogP contribution in [-0.2, 0) is 6.42 Å². The van der Waals surface area contributed by atoms with Crippen molar-refractivity contribution in [1.29, 1.82) is 5.26 Å². The Hall–Kier alpha value is -2.77. The van der Waals surface area contributed by atoms with Gasteiger partial charge in [-0.05, 0) is 55.3 Å². The molecule has 0 bridgehead atoms. The first-order chi connectivity index (χ1) is 9.81. The molecular formula is C19H15N. The molecule has 0 spiro atoms. The van der Waals surface area contributed by atoms with Crippen LogP contribution < -0.4 is 0 Å². The molecule has 0 N–H and O–H groups in total. The highest BCUT2D eigenvalue weighted by molar-refractivity contribution is 5.45. The topological polar surface area (TPSA) is 23.8 Å². The molecule has 0 radical (unpaired) electrons. The van der Waals surface area contributed by atoms with Crippen LogP contribution in [0.5, 0.6) is 0 Å². The first-order valence-electron chi connectivity index (χ1n) is 6.54. The molecule has 0 aliphatic rings. The lowest BCUT2D eigenvalue weighted by molar-refractivity contribution is 1.26. The largest absolute Gasteiger partial charge is 0.192 e. The summed E-state index contributed by atoms with van der Waals surface area (Å²) in [7, 11) is 0. The van der Waals surface area contributed by atoms with Gasteiger partial charge in [-0.15, -0.1) is 0 Å². The molecule has 0 aliphatic carbocycles. The Bertz CT molecular complexity index is 687. The summed E-state index contributed by atoms with van der Waals surface area (Å²) in [6.45, 7) is 2.03. The summed E-state index contributed by atoms with van der Waals surface area (Å²) in [5, 5.41) is 8.73. The maximum absolute atomic E-state index is 8.73. The van der Waals surface area contributed by atoms with Gasteiger partial charge >= 0.3 is 0 Å². The zero-order chi connectivity index (χ0) is 14.2. The predicted molar refractivity (Wildman–Crippen MR) is 82.1 cm³/mol. The van der Waals surface area contributed by atoms with Crippen molar-refractivity contribution in [2.24, 2.45) is 0 Å². The summed E-state index contributed by atoms with van der Waals surface area (Å²) in [5.74, 6) is 6.23. The van der Waals surface area contributed by atoms with Crippen molar-refractivity contribution >= 4 is 0 Å². The molecule has 96 valence electrons. The Morgan fingerprint density at radius 2 is 1.35 bits per heavy atom. The third-order valence-corrected chi connectivity index (χ3v) is 2.91. The number of benzene rings is 2. The van der Waals surface area contributed by atoms with Crippen LogP contribution >= 0.6 is 0 Å². The number of hydrogen-bond donors (Lipinski definition) is 0. The van der Waals surface area contributed by atoms with E-state index < -0.39 is 0 Å². The summed E-state index contributed by atoms with van der Waals surface area (Å²) < 4.78 is 0. The summed E-state index contributed by atoms with van der Waals surface area (Å²) in [6, 6.07) is 17.7. The van der Waals surface area contributed by atoms with Gasteiger partial charge in [-0.3, -0.25) is 0 Å². The van der Waals surface area contributed by atoms with E-state index in [0.29, 0.717) is 5.56 Å². The summed E-state index contributed by atoms with van der Waals surface area (Å²) in [4.78, 5) is 0.